The van der Waals surface area contributed by atoms with Crippen LogP contribution in [0.3, 0.4) is 0 Å². The predicted molar refractivity (Wildman–Crippen MR) is 75.7 cm³/mol. The summed E-state index contributed by atoms with van der Waals surface area (Å²) in [6, 6.07) is 7.24. The van der Waals surface area contributed by atoms with E-state index in [1.165, 1.54) is 6.33 Å². The molecular formula is C14H9N7O. The molecule has 8 nitrogen and oxygen atoms in total. The molecule has 4 heterocycles. The lowest BCUT2D eigenvalue weighted by Gasteiger charge is -2.00. The first kappa shape index (κ1) is 12.3. The Morgan fingerprint density at radius 2 is 1.82 bits per heavy atom. The van der Waals surface area contributed by atoms with E-state index < -0.39 is 0 Å². The zero-order chi connectivity index (χ0) is 14.8. The molecule has 0 aliphatic heterocycles. The molecule has 0 saturated heterocycles. The second kappa shape index (κ2) is 5.17. The minimum atomic E-state index is 0.413. The van der Waals surface area contributed by atoms with E-state index >= 15 is 0 Å². The Bertz CT molecular complexity index is 886. The molecule has 4 aromatic heterocycles. The monoisotopic (exact) mass is 291 g/mol. The first-order valence-corrected chi connectivity index (χ1v) is 6.46. The van der Waals surface area contributed by atoms with Crippen LogP contribution in [0.2, 0.25) is 0 Å². The number of aromatic nitrogens is 7. The van der Waals surface area contributed by atoms with Crippen molar-refractivity contribution in [3.05, 3.63) is 55.5 Å². The van der Waals surface area contributed by atoms with Crippen molar-refractivity contribution in [3.8, 4) is 28.7 Å². The number of hydrogen-bond acceptors (Lipinski definition) is 7. The van der Waals surface area contributed by atoms with E-state index in [-0.39, 0.29) is 0 Å². The second-order valence-corrected chi connectivity index (χ2v) is 4.40. The largest absolute Gasteiger partial charge is 0.334 e. The maximum Gasteiger partial charge on any atom is 0.258 e. The zero-order valence-electron chi connectivity index (χ0n) is 11.2. The zero-order valence-corrected chi connectivity index (χ0v) is 11.2. The van der Waals surface area contributed by atoms with E-state index in [0.717, 1.165) is 11.1 Å². The molecule has 4 aromatic rings. The van der Waals surface area contributed by atoms with Gasteiger partial charge in [0.2, 0.25) is 5.82 Å². The lowest BCUT2D eigenvalue weighted by Crippen LogP contribution is -1.97. The minimum absolute atomic E-state index is 0.413. The molecular weight excluding hydrogens is 282 g/mol. The summed E-state index contributed by atoms with van der Waals surface area (Å²) in [5, 5.41) is 8.03. The molecule has 0 unspecified atom stereocenters. The van der Waals surface area contributed by atoms with Crippen LogP contribution in [0.25, 0.3) is 28.7 Å². The molecule has 22 heavy (non-hydrogen) atoms. The van der Waals surface area contributed by atoms with Crippen LogP contribution in [0, 0.1) is 0 Å². The van der Waals surface area contributed by atoms with E-state index in [2.05, 4.69) is 30.2 Å². The van der Waals surface area contributed by atoms with Gasteiger partial charge in [0.1, 0.15) is 12.7 Å². The van der Waals surface area contributed by atoms with E-state index in [1.807, 2.05) is 12.1 Å². The molecule has 0 saturated carbocycles. The molecule has 8 heteroatoms. The summed E-state index contributed by atoms with van der Waals surface area (Å²) >= 11 is 0. The van der Waals surface area contributed by atoms with Crippen molar-refractivity contribution < 1.29 is 4.52 Å². The van der Waals surface area contributed by atoms with Crippen molar-refractivity contribution >= 4 is 0 Å². The Balaban J connectivity index is 1.71. The number of hydrogen-bond donors (Lipinski definition) is 0. The molecule has 0 N–H and O–H groups in total. The lowest BCUT2D eigenvalue weighted by atomic mass is 10.2. The average molecular weight is 291 g/mol. The quantitative estimate of drug-likeness (QED) is 0.567. The number of nitrogens with zero attached hydrogens (tertiary/aromatic N) is 7. The van der Waals surface area contributed by atoms with Crippen LogP contribution >= 0.6 is 0 Å². The van der Waals surface area contributed by atoms with Crippen LogP contribution in [0.15, 0.2) is 60.0 Å². The van der Waals surface area contributed by atoms with Crippen molar-refractivity contribution in [1.29, 1.82) is 0 Å². The van der Waals surface area contributed by atoms with Gasteiger partial charge < -0.3 is 4.52 Å². The fraction of sp³-hybridized carbons (Fsp3) is 0. The van der Waals surface area contributed by atoms with Gasteiger partial charge in [-0.2, -0.15) is 10.1 Å². The van der Waals surface area contributed by atoms with Crippen LogP contribution in [-0.4, -0.2) is 34.9 Å². The molecule has 0 bridgehead atoms. The van der Waals surface area contributed by atoms with Crippen LogP contribution < -0.4 is 0 Å². The highest BCUT2D eigenvalue weighted by Gasteiger charge is 2.11. The molecule has 0 aliphatic rings. The van der Waals surface area contributed by atoms with Crippen molar-refractivity contribution in [1.82, 2.24) is 34.9 Å². The van der Waals surface area contributed by atoms with Gasteiger partial charge in [0.15, 0.2) is 5.82 Å². The summed E-state index contributed by atoms with van der Waals surface area (Å²) < 4.78 is 6.88. The Labute approximate surface area is 124 Å². The molecule has 0 fully saturated rings. The van der Waals surface area contributed by atoms with E-state index in [0.29, 0.717) is 17.5 Å². The van der Waals surface area contributed by atoms with E-state index in [1.54, 1.807) is 41.7 Å². The van der Waals surface area contributed by atoms with Gasteiger partial charge in [0, 0.05) is 29.7 Å². The SMILES string of the molecule is c1cc(-c2noc(-c3ccnc(-n4cncn4)c3)n2)ccn1. The van der Waals surface area contributed by atoms with Crippen LogP contribution in [0.5, 0.6) is 0 Å². The standard InChI is InChI=1S/C14H9N7O/c1-4-15-5-2-10(1)13-19-14(22-20-13)11-3-6-17-12(7-11)21-9-16-8-18-21/h1-9H. The fourth-order valence-corrected chi connectivity index (χ4v) is 1.96. The Morgan fingerprint density at radius 3 is 2.64 bits per heavy atom. The predicted octanol–water partition coefficient (Wildman–Crippen LogP) is 1.77. The topological polar surface area (TPSA) is 95.4 Å². The van der Waals surface area contributed by atoms with Crippen molar-refractivity contribution in [2.24, 2.45) is 0 Å². The molecule has 0 spiro atoms. The third kappa shape index (κ3) is 2.22. The van der Waals surface area contributed by atoms with Gasteiger partial charge in [-0.25, -0.2) is 14.6 Å². The second-order valence-electron chi connectivity index (χ2n) is 4.40. The van der Waals surface area contributed by atoms with Gasteiger partial charge in [0.25, 0.3) is 5.89 Å². The van der Waals surface area contributed by atoms with Crippen LogP contribution in [0.1, 0.15) is 0 Å². The van der Waals surface area contributed by atoms with Gasteiger partial charge in [-0.1, -0.05) is 5.16 Å². The van der Waals surface area contributed by atoms with Gasteiger partial charge in [0.05, 0.1) is 0 Å². The Morgan fingerprint density at radius 1 is 0.955 bits per heavy atom. The summed E-state index contributed by atoms with van der Waals surface area (Å²) in [5.41, 5.74) is 1.60. The summed E-state index contributed by atoms with van der Waals surface area (Å²) in [6.07, 6.45) is 8.04. The molecule has 0 atom stereocenters. The smallest absolute Gasteiger partial charge is 0.258 e. The van der Waals surface area contributed by atoms with E-state index in [9.17, 15) is 0 Å². The van der Waals surface area contributed by atoms with Crippen LogP contribution in [0.4, 0.5) is 0 Å². The third-order valence-electron chi connectivity index (χ3n) is 3.01. The summed E-state index contributed by atoms with van der Waals surface area (Å²) in [6.45, 7) is 0. The van der Waals surface area contributed by atoms with Crippen molar-refractivity contribution in [3.63, 3.8) is 0 Å². The molecule has 0 aliphatic carbocycles. The molecule has 4 rings (SSSR count). The highest BCUT2D eigenvalue weighted by atomic mass is 16.5. The average Bonchev–Trinajstić information content (AvgIpc) is 3.28. The van der Waals surface area contributed by atoms with Crippen LogP contribution in [-0.2, 0) is 0 Å². The maximum absolute atomic E-state index is 5.32. The first-order valence-electron chi connectivity index (χ1n) is 6.46. The minimum Gasteiger partial charge on any atom is -0.334 e. The molecule has 0 aromatic carbocycles. The van der Waals surface area contributed by atoms with Gasteiger partial charge in [-0.05, 0) is 24.3 Å². The summed E-state index contributed by atoms with van der Waals surface area (Å²) in [4.78, 5) is 16.5. The van der Waals surface area contributed by atoms with Crippen molar-refractivity contribution in [2.45, 2.75) is 0 Å². The van der Waals surface area contributed by atoms with E-state index in [4.69, 9.17) is 4.52 Å². The number of rotatable bonds is 3. The Kier molecular flexibility index (Phi) is 2.90. The molecule has 106 valence electrons. The summed E-state index contributed by atoms with van der Waals surface area (Å²) in [5.74, 6) is 1.55. The lowest BCUT2D eigenvalue weighted by molar-refractivity contribution is 0.432. The molecule has 0 radical (unpaired) electrons. The highest BCUT2D eigenvalue weighted by molar-refractivity contribution is 5.60. The normalized spacial score (nSPS) is 10.7. The van der Waals surface area contributed by atoms with Gasteiger partial charge >= 0.3 is 0 Å². The number of pyridine rings is 2. The highest BCUT2D eigenvalue weighted by Crippen LogP contribution is 2.22. The molecule has 0 amide bonds. The summed E-state index contributed by atoms with van der Waals surface area (Å²) in [7, 11) is 0. The third-order valence-corrected chi connectivity index (χ3v) is 3.01. The maximum atomic E-state index is 5.32. The van der Waals surface area contributed by atoms with Gasteiger partial charge in [-0.15, -0.1) is 0 Å². The Hall–Kier alpha value is -3.42. The first-order chi connectivity index (χ1) is 10.9. The van der Waals surface area contributed by atoms with Crippen molar-refractivity contribution in [2.75, 3.05) is 0 Å². The van der Waals surface area contributed by atoms with Gasteiger partial charge in [-0.3, -0.25) is 4.98 Å². The fourth-order valence-electron chi connectivity index (χ4n) is 1.96.